The van der Waals surface area contributed by atoms with E-state index in [0.717, 1.165) is 25.8 Å². The first kappa shape index (κ1) is 12.3. The van der Waals surface area contributed by atoms with Gasteiger partial charge in [-0.05, 0) is 26.3 Å². The van der Waals surface area contributed by atoms with Crippen LogP contribution in [0.1, 0.15) is 25.7 Å². The van der Waals surface area contributed by atoms with Crippen molar-refractivity contribution >= 4 is 9.84 Å². The van der Waals surface area contributed by atoms with Crippen LogP contribution in [0.3, 0.4) is 0 Å². The van der Waals surface area contributed by atoms with E-state index in [1.165, 1.54) is 6.42 Å². The summed E-state index contributed by atoms with van der Waals surface area (Å²) in [4.78, 5) is 2.14. The van der Waals surface area contributed by atoms with Crippen molar-refractivity contribution < 1.29 is 13.5 Å². The Morgan fingerprint density at radius 1 is 1.44 bits per heavy atom. The van der Waals surface area contributed by atoms with E-state index in [1.807, 2.05) is 7.05 Å². The fourth-order valence-electron chi connectivity index (χ4n) is 2.82. The van der Waals surface area contributed by atoms with Gasteiger partial charge in [0.1, 0.15) is 0 Å². The molecule has 1 unspecified atom stereocenters. The molecule has 1 N–H and O–H groups in total. The lowest BCUT2D eigenvalue weighted by Gasteiger charge is -2.44. The Labute approximate surface area is 97.6 Å². The molecule has 2 aliphatic rings. The van der Waals surface area contributed by atoms with E-state index in [9.17, 15) is 13.5 Å². The zero-order valence-corrected chi connectivity index (χ0v) is 10.7. The molecule has 1 saturated heterocycles. The molecule has 0 radical (unpaired) electrons. The predicted octanol–water partition coefficient (Wildman–Crippen LogP) is 0.268. The number of hydrogen-bond acceptors (Lipinski definition) is 4. The predicted molar refractivity (Wildman–Crippen MR) is 63.1 cm³/mol. The van der Waals surface area contributed by atoms with Crippen LogP contribution in [0.4, 0.5) is 0 Å². The first-order chi connectivity index (χ1) is 7.46. The van der Waals surface area contributed by atoms with E-state index in [1.54, 1.807) is 0 Å². The van der Waals surface area contributed by atoms with Crippen molar-refractivity contribution in [2.75, 3.05) is 31.7 Å². The van der Waals surface area contributed by atoms with E-state index in [0.29, 0.717) is 11.5 Å². The highest BCUT2D eigenvalue weighted by molar-refractivity contribution is 7.91. The fourth-order valence-corrected chi connectivity index (χ4v) is 4.63. The Balaban J connectivity index is 1.91. The summed E-state index contributed by atoms with van der Waals surface area (Å²) in [6.07, 6.45) is 4.10. The maximum Gasteiger partial charge on any atom is 0.151 e. The lowest BCUT2D eigenvalue weighted by molar-refractivity contribution is 0.00644. The van der Waals surface area contributed by atoms with Crippen molar-refractivity contribution in [1.29, 1.82) is 0 Å². The van der Waals surface area contributed by atoms with Gasteiger partial charge in [-0.3, -0.25) is 0 Å². The monoisotopic (exact) mass is 247 g/mol. The average molecular weight is 247 g/mol. The summed E-state index contributed by atoms with van der Waals surface area (Å²) in [5, 5.41) is 9.39. The van der Waals surface area contributed by atoms with E-state index < -0.39 is 9.84 Å². The molecule has 0 bridgehead atoms. The molecule has 5 heteroatoms. The number of hydrogen-bond donors (Lipinski definition) is 1. The highest BCUT2D eigenvalue weighted by Crippen LogP contribution is 2.41. The molecule has 2 fully saturated rings. The first-order valence-corrected chi connectivity index (χ1v) is 7.80. The smallest absolute Gasteiger partial charge is 0.151 e. The quantitative estimate of drug-likeness (QED) is 0.774. The molecule has 0 aromatic carbocycles. The largest absolute Gasteiger partial charge is 0.396 e. The zero-order valence-electron chi connectivity index (χ0n) is 9.85. The normalized spacial score (nSPS) is 31.6. The minimum absolute atomic E-state index is 0.0566. The fraction of sp³-hybridized carbons (Fsp3) is 1.00. The van der Waals surface area contributed by atoms with Crippen molar-refractivity contribution in [2.24, 2.45) is 5.41 Å². The number of nitrogens with zero attached hydrogens (tertiary/aromatic N) is 1. The van der Waals surface area contributed by atoms with Gasteiger partial charge >= 0.3 is 0 Å². The maximum absolute atomic E-state index is 11.4. The summed E-state index contributed by atoms with van der Waals surface area (Å²) >= 11 is 0. The molecule has 1 saturated carbocycles. The van der Waals surface area contributed by atoms with Crippen LogP contribution in [0.5, 0.6) is 0 Å². The molecule has 2 rings (SSSR count). The molecule has 4 nitrogen and oxygen atoms in total. The van der Waals surface area contributed by atoms with Crippen molar-refractivity contribution in [3.63, 3.8) is 0 Å². The zero-order chi connectivity index (χ0) is 11.8. The van der Waals surface area contributed by atoms with Crippen molar-refractivity contribution in [3.05, 3.63) is 0 Å². The summed E-state index contributed by atoms with van der Waals surface area (Å²) in [5.41, 5.74) is 0.0566. The van der Waals surface area contributed by atoms with Gasteiger partial charge < -0.3 is 10.0 Å². The molecule has 0 amide bonds. The number of sulfone groups is 1. The molecule has 1 aliphatic heterocycles. The Kier molecular flexibility index (Phi) is 3.29. The molecule has 16 heavy (non-hydrogen) atoms. The van der Waals surface area contributed by atoms with Crippen molar-refractivity contribution in [3.8, 4) is 0 Å². The molecule has 1 aliphatic carbocycles. The van der Waals surface area contributed by atoms with Gasteiger partial charge in [0.15, 0.2) is 9.84 Å². The molecule has 0 aromatic rings. The maximum atomic E-state index is 11.4. The van der Waals surface area contributed by atoms with E-state index >= 15 is 0 Å². The molecular weight excluding hydrogens is 226 g/mol. The number of aliphatic hydroxyl groups excluding tert-OH is 1. The van der Waals surface area contributed by atoms with Gasteiger partial charge in [-0.15, -0.1) is 0 Å². The second kappa shape index (κ2) is 4.27. The highest BCUT2D eigenvalue weighted by atomic mass is 32.2. The van der Waals surface area contributed by atoms with Crippen LogP contribution in [0.15, 0.2) is 0 Å². The average Bonchev–Trinajstić information content (AvgIpc) is 2.52. The minimum atomic E-state index is -2.80. The van der Waals surface area contributed by atoms with E-state index in [-0.39, 0.29) is 18.1 Å². The molecule has 0 aromatic heterocycles. The van der Waals surface area contributed by atoms with Crippen LogP contribution >= 0.6 is 0 Å². The van der Waals surface area contributed by atoms with Gasteiger partial charge in [0.2, 0.25) is 0 Å². The van der Waals surface area contributed by atoms with Gasteiger partial charge in [0, 0.05) is 24.6 Å². The SMILES string of the molecule is CN(CC1(CO)CCC1)C1CCS(=O)(=O)C1. The van der Waals surface area contributed by atoms with Crippen LogP contribution in [-0.4, -0.2) is 56.2 Å². The van der Waals surface area contributed by atoms with Gasteiger partial charge in [-0.2, -0.15) is 0 Å². The molecule has 1 atom stereocenters. The van der Waals surface area contributed by atoms with Gasteiger partial charge in [-0.1, -0.05) is 6.42 Å². The first-order valence-electron chi connectivity index (χ1n) is 5.98. The number of rotatable bonds is 4. The Hall–Kier alpha value is -0.130. The Morgan fingerprint density at radius 2 is 2.12 bits per heavy atom. The molecule has 1 heterocycles. The van der Waals surface area contributed by atoms with E-state index in [4.69, 9.17) is 0 Å². The summed E-state index contributed by atoms with van der Waals surface area (Å²) in [7, 11) is -0.808. The molecule has 0 spiro atoms. The lowest BCUT2D eigenvalue weighted by Crippen LogP contribution is -2.47. The summed E-state index contributed by atoms with van der Waals surface area (Å²) in [6.45, 7) is 1.07. The molecular formula is C11H21NO3S. The Bertz CT molecular complexity index is 343. The third-order valence-electron chi connectivity index (χ3n) is 4.17. The van der Waals surface area contributed by atoms with Gasteiger partial charge in [-0.25, -0.2) is 8.42 Å². The van der Waals surface area contributed by atoms with Crippen LogP contribution < -0.4 is 0 Å². The van der Waals surface area contributed by atoms with Crippen molar-refractivity contribution in [2.45, 2.75) is 31.7 Å². The minimum Gasteiger partial charge on any atom is -0.396 e. The topological polar surface area (TPSA) is 57.6 Å². The third kappa shape index (κ3) is 2.41. The second-order valence-corrected chi connectivity index (χ2v) is 7.71. The second-order valence-electron chi connectivity index (χ2n) is 5.48. The van der Waals surface area contributed by atoms with Crippen LogP contribution in [-0.2, 0) is 9.84 Å². The number of aliphatic hydroxyl groups is 1. The highest BCUT2D eigenvalue weighted by Gasteiger charge is 2.40. The lowest BCUT2D eigenvalue weighted by atomic mass is 9.69. The summed E-state index contributed by atoms with van der Waals surface area (Å²) in [6, 6.07) is 0.161. The summed E-state index contributed by atoms with van der Waals surface area (Å²) < 4.78 is 22.8. The van der Waals surface area contributed by atoms with Crippen LogP contribution in [0.2, 0.25) is 0 Å². The van der Waals surface area contributed by atoms with Crippen LogP contribution in [0, 0.1) is 5.41 Å². The third-order valence-corrected chi connectivity index (χ3v) is 5.92. The van der Waals surface area contributed by atoms with E-state index in [2.05, 4.69) is 4.90 Å². The van der Waals surface area contributed by atoms with Gasteiger partial charge in [0.05, 0.1) is 11.5 Å². The Morgan fingerprint density at radius 3 is 2.50 bits per heavy atom. The summed E-state index contributed by atoms with van der Waals surface area (Å²) in [5.74, 6) is 0.624. The van der Waals surface area contributed by atoms with Crippen molar-refractivity contribution in [1.82, 2.24) is 4.90 Å². The standard InChI is InChI=1S/C11H21NO3S/c1-12(8-11(9-13)4-2-5-11)10-3-6-16(14,15)7-10/h10,13H,2-9H2,1H3. The molecule has 94 valence electrons. The van der Waals surface area contributed by atoms with Crippen LogP contribution in [0.25, 0.3) is 0 Å². The van der Waals surface area contributed by atoms with Gasteiger partial charge in [0.25, 0.3) is 0 Å².